The summed E-state index contributed by atoms with van der Waals surface area (Å²) in [5.74, 6) is -4.50. The summed E-state index contributed by atoms with van der Waals surface area (Å²) >= 11 is 0. The van der Waals surface area contributed by atoms with Crippen LogP contribution in [0.1, 0.15) is 17.5 Å². The minimum absolute atomic E-state index is 0.0829. The lowest BCUT2D eigenvalue weighted by Crippen LogP contribution is -2.33. The topological polar surface area (TPSA) is 43.4 Å². The highest BCUT2D eigenvalue weighted by molar-refractivity contribution is 7.90. The van der Waals surface area contributed by atoms with E-state index in [4.69, 9.17) is 0 Å². The van der Waals surface area contributed by atoms with Crippen LogP contribution in [0, 0.1) is 0 Å². The van der Waals surface area contributed by atoms with E-state index in [-0.39, 0.29) is 11.3 Å². The van der Waals surface area contributed by atoms with Crippen LogP contribution < -0.4 is 0 Å². The normalized spacial score (nSPS) is 15.8. The first kappa shape index (κ1) is 16.0. The highest BCUT2D eigenvalue weighted by Gasteiger charge is 2.43. The Hall–Kier alpha value is -1.41. The second kappa shape index (κ2) is 5.76. The molecule has 1 aliphatic carbocycles. The quantitative estimate of drug-likeness (QED) is 0.617. The van der Waals surface area contributed by atoms with Crippen molar-refractivity contribution < 1.29 is 30.2 Å². The molecule has 2 rings (SSSR count). The van der Waals surface area contributed by atoms with E-state index in [0.717, 1.165) is 5.56 Å². The Morgan fingerprint density at radius 3 is 2.52 bits per heavy atom. The van der Waals surface area contributed by atoms with Gasteiger partial charge in [-0.2, -0.15) is 17.2 Å². The molecule has 1 aromatic carbocycles. The van der Waals surface area contributed by atoms with Crippen LogP contribution in [0.4, 0.5) is 17.6 Å². The molecule has 0 aromatic heterocycles. The maximum atomic E-state index is 12.7. The number of benzene rings is 1. The predicted molar refractivity (Wildman–Crippen MR) is 68.6 cm³/mol. The third kappa shape index (κ3) is 3.62. The number of aryl methyl sites for hydroxylation is 1. The summed E-state index contributed by atoms with van der Waals surface area (Å²) in [6.45, 7) is -1.87. The average molecular weight is 324 g/mol. The van der Waals surface area contributed by atoms with Gasteiger partial charge in [0.05, 0.1) is 4.91 Å². The van der Waals surface area contributed by atoms with E-state index in [9.17, 15) is 26.0 Å². The molecule has 0 amide bonds. The van der Waals surface area contributed by atoms with Gasteiger partial charge in [-0.25, -0.2) is 8.78 Å². The molecule has 0 bridgehead atoms. The van der Waals surface area contributed by atoms with Crippen LogP contribution in [-0.2, 0) is 20.7 Å². The average Bonchev–Trinajstić information content (AvgIpc) is 2.45. The van der Waals surface area contributed by atoms with E-state index in [1.165, 1.54) is 6.08 Å². The summed E-state index contributed by atoms with van der Waals surface area (Å²) in [6.07, 6.45) is -2.17. The van der Waals surface area contributed by atoms with Crippen molar-refractivity contribution >= 4 is 16.2 Å². The molecule has 0 radical (unpaired) electrons. The number of alkyl halides is 4. The zero-order valence-corrected chi connectivity index (χ0v) is 11.5. The number of allylic oxidation sites excluding steroid dienone is 1. The summed E-state index contributed by atoms with van der Waals surface area (Å²) in [5, 5.41) is 0. The summed E-state index contributed by atoms with van der Waals surface area (Å²) in [7, 11) is -4.44. The Labute approximate surface area is 119 Å². The van der Waals surface area contributed by atoms with Crippen molar-refractivity contribution in [2.45, 2.75) is 25.2 Å². The van der Waals surface area contributed by atoms with Crippen molar-refractivity contribution in [2.24, 2.45) is 0 Å². The lowest BCUT2D eigenvalue weighted by molar-refractivity contribution is -0.147. The fourth-order valence-electron chi connectivity index (χ4n) is 1.90. The molecule has 116 valence electrons. The van der Waals surface area contributed by atoms with Crippen LogP contribution in [0.2, 0.25) is 0 Å². The molecule has 3 nitrogen and oxygen atoms in total. The summed E-state index contributed by atoms with van der Waals surface area (Å²) in [5.41, 5.74) is 1.57. The molecule has 21 heavy (non-hydrogen) atoms. The standard InChI is InChI=1S/C13H12F4O3S/c14-12(15)13(16,17)8-20-21(18,19)11-6-5-9-3-1-2-4-10(9)7-11/h1-4,7,12H,5-6,8H2. The maximum Gasteiger partial charge on any atom is 0.331 e. The molecule has 0 saturated heterocycles. The van der Waals surface area contributed by atoms with E-state index in [1.54, 1.807) is 18.2 Å². The van der Waals surface area contributed by atoms with Gasteiger partial charge in [0.1, 0.15) is 6.61 Å². The molecule has 1 aromatic rings. The van der Waals surface area contributed by atoms with Gasteiger partial charge in [0.25, 0.3) is 10.1 Å². The van der Waals surface area contributed by atoms with Crippen LogP contribution in [-0.4, -0.2) is 27.4 Å². The van der Waals surface area contributed by atoms with Crippen molar-refractivity contribution in [2.75, 3.05) is 6.61 Å². The molecule has 1 aliphatic rings. The molecule has 0 saturated carbocycles. The molecule has 8 heteroatoms. The highest BCUT2D eigenvalue weighted by atomic mass is 32.2. The van der Waals surface area contributed by atoms with Crippen molar-refractivity contribution in [3.63, 3.8) is 0 Å². The van der Waals surface area contributed by atoms with E-state index < -0.39 is 29.1 Å². The molecule has 0 N–H and O–H groups in total. The van der Waals surface area contributed by atoms with Crippen LogP contribution in [0.3, 0.4) is 0 Å². The fraction of sp³-hybridized carbons (Fsp3) is 0.385. The SMILES string of the molecule is O=S(=O)(OCC(F)(F)C(F)F)C1=Cc2ccccc2CC1. The van der Waals surface area contributed by atoms with Gasteiger partial charge in [0.2, 0.25) is 0 Å². The number of hydrogen-bond donors (Lipinski definition) is 0. The van der Waals surface area contributed by atoms with Crippen molar-refractivity contribution in [1.29, 1.82) is 0 Å². The third-order valence-electron chi connectivity index (χ3n) is 3.06. The third-order valence-corrected chi connectivity index (χ3v) is 4.45. The molecule has 0 spiro atoms. The zero-order valence-electron chi connectivity index (χ0n) is 10.7. The van der Waals surface area contributed by atoms with E-state index >= 15 is 0 Å². The van der Waals surface area contributed by atoms with Gasteiger partial charge < -0.3 is 0 Å². The Balaban J connectivity index is 2.17. The zero-order chi connectivity index (χ0) is 15.7. The van der Waals surface area contributed by atoms with Gasteiger partial charge in [0, 0.05) is 0 Å². The monoisotopic (exact) mass is 324 g/mol. The van der Waals surface area contributed by atoms with Crippen molar-refractivity contribution in [1.82, 2.24) is 0 Å². The Morgan fingerprint density at radius 1 is 1.19 bits per heavy atom. The van der Waals surface area contributed by atoms with Crippen LogP contribution in [0.5, 0.6) is 0 Å². The number of rotatable bonds is 5. The van der Waals surface area contributed by atoms with Gasteiger partial charge in [-0.05, 0) is 30.0 Å². The first-order valence-electron chi connectivity index (χ1n) is 6.06. The molecular formula is C13H12F4O3S. The second-order valence-corrected chi connectivity index (χ2v) is 6.26. The molecule has 0 fully saturated rings. The lowest BCUT2D eigenvalue weighted by Gasteiger charge is -2.18. The second-order valence-electron chi connectivity index (χ2n) is 4.59. The van der Waals surface area contributed by atoms with Gasteiger partial charge in [-0.15, -0.1) is 0 Å². The first-order valence-corrected chi connectivity index (χ1v) is 7.47. The minimum atomic E-state index is -4.50. The minimum Gasteiger partial charge on any atom is -0.260 e. The molecule has 0 unspecified atom stereocenters. The Bertz CT molecular complexity index is 653. The van der Waals surface area contributed by atoms with Crippen molar-refractivity contribution in [3.8, 4) is 0 Å². The number of fused-ring (bicyclic) bond motifs is 1. The summed E-state index contributed by atoms with van der Waals surface area (Å²) < 4.78 is 77.1. The molecule has 0 atom stereocenters. The van der Waals surface area contributed by atoms with Crippen LogP contribution in [0.25, 0.3) is 6.08 Å². The van der Waals surface area contributed by atoms with Gasteiger partial charge >= 0.3 is 12.3 Å². The van der Waals surface area contributed by atoms with E-state index in [0.29, 0.717) is 12.0 Å². The Kier molecular flexibility index (Phi) is 4.38. The predicted octanol–water partition coefficient (Wildman–Crippen LogP) is 3.22. The van der Waals surface area contributed by atoms with E-state index in [1.807, 2.05) is 6.07 Å². The molecule has 0 aliphatic heterocycles. The maximum absolute atomic E-state index is 12.7. The van der Waals surface area contributed by atoms with Crippen molar-refractivity contribution in [3.05, 3.63) is 40.3 Å². The summed E-state index contributed by atoms with van der Waals surface area (Å²) in [4.78, 5) is -0.189. The van der Waals surface area contributed by atoms with Gasteiger partial charge in [0.15, 0.2) is 0 Å². The first-order chi connectivity index (χ1) is 9.72. The van der Waals surface area contributed by atoms with Gasteiger partial charge in [-0.1, -0.05) is 24.3 Å². The molecule has 0 heterocycles. The van der Waals surface area contributed by atoms with Gasteiger partial charge in [-0.3, -0.25) is 4.18 Å². The summed E-state index contributed by atoms with van der Waals surface area (Å²) in [6, 6.07) is 7.00. The van der Waals surface area contributed by atoms with Crippen LogP contribution in [0.15, 0.2) is 29.2 Å². The highest BCUT2D eigenvalue weighted by Crippen LogP contribution is 2.30. The molecular weight excluding hydrogens is 312 g/mol. The number of halogens is 4. The van der Waals surface area contributed by atoms with Crippen LogP contribution >= 0.6 is 0 Å². The largest absolute Gasteiger partial charge is 0.331 e. The number of hydrogen-bond acceptors (Lipinski definition) is 3. The smallest absolute Gasteiger partial charge is 0.260 e. The van der Waals surface area contributed by atoms with E-state index in [2.05, 4.69) is 4.18 Å². The fourth-order valence-corrected chi connectivity index (χ4v) is 2.99. The Morgan fingerprint density at radius 2 is 1.86 bits per heavy atom. The lowest BCUT2D eigenvalue weighted by atomic mass is 9.98.